The van der Waals surface area contributed by atoms with Crippen molar-refractivity contribution in [2.45, 2.75) is 63.3 Å². The Kier molecular flexibility index (Phi) is 7.94. The van der Waals surface area contributed by atoms with Gasteiger partial charge in [0.25, 0.3) is 0 Å². The normalized spacial score (nSPS) is 24.1. The van der Waals surface area contributed by atoms with Crippen LogP contribution in [0, 0.1) is 0 Å². The van der Waals surface area contributed by atoms with Gasteiger partial charge in [-0.05, 0) is 19.8 Å². The van der Waals surface area contributed by atoms with Crippen LogP contribution in [0.3, 0.4) is 0 Å². The summed E-state index contributed by atoms with van der Waals surface area (Å²) in [7, 11) is 0. The minimum atomic E-state index is -1.07. The van der Waals surface area contributed by atoms with Crippen LogP contribution in [0.25, 0.3) is 0 Å². The van der Waals surface area contributed by atoms with Crippen molar-refractivity contribution in [3.63, 3.8) is 0 Å². The molecular weight excluding hydrogens is 266 g/mol. The summed E-state index contributed by atoms with van der Waals surface area (Å²) in [6.07, 6.45) is 1.73. The molecule has 0 aromatic heterocycles. The fraction of sp³-hybridized carbons (Fsp3) is 0.923. The molecule has 112 valence electrons. The number of rotatable bonds is 9. The summed E-state index contributed by atoms with van der Waals surface area (Å²) < 4.78 is 5.61. The molecule has 0 aromatic carbocycles. The first-order valence-corrected chi connectivity index (χ1v) is 7.78. The number of aliphatic hydroxyl groups excluding tert-OH is 3. The third kappa shape index (κ3) is 5.79. The SMILES string of the molecule is CCCCCC1=NCC(O[C@H](CO)[C@@H](O)[C@@H](C)O)S1. The number of thioether (sulfide) groups is 1. The average Bonchev–Trinajstić information content (AvgIpc) is 2.83. The molecule has 1 aliphatic rings. The lowest BCUT2D eigenvalue weighted by atomic mass is 10.1. The van der Waals surface area contributed by atoms with Crippen molar-refractivity contribution in [2.75, 3.05) is 13.2 Å². The van der Waals surface area contributed by atoms with Gasteiger partial charge in [-0.2, -0.15) is 0 Å². The highest BCUT2D eigenvalue weighted by Crippen LogP contribution is 2.27. The number of hydrogen-bond acceptors (Lipinski definition) is 6. The Morgan fingerprint density at radius 3 is 2.74 bits per heavy atom. The third-order valence-electron chi connectivity index (χ3n) is 3.06. The largest absolute Gasteiger partial charge is 0.394 e. The molecule has 0 aliphatic carbocycles. The Hall–Kier alpha value is -0.140. The van der Waals surface area contributed by atoms with Crippen molar-refractivity contribution >= 4 is 16.8 Å². The van der Waals surface area contributed by atoms with E-state index >= 15 is 0 Å². The number of nitrogens with zero attached hydrogens (tertiary/aromatic N) is 1. The van der Waals surface area contributed by atoms with Crippen molar-refractivity contribution in [1.29, 1.82) is 0 Å². The van der Waals surface area contributed by atoms with E-state index in [0.717, 1.165) is 17.9 Å². The molecule has 0 bridgehead atoms. The number of hydrogen-bond donors (Lipinski definition) is 3. The van der Waals surface area contributed by atoms with E-state index in [4.69, 9.17) is 4.74 Å². The zero-order chi connectivity index (χ0) is 14.3. The third-order valence-corrected chi connectivity index (χ3v) is 4.19. The second kappa shape index (κ2) is 8.92. The molecule has 1 rings (SSSR count). The fourth-order valence-electron chi connectivity index (χ4n) is 1.87. The molecule has 1 unspecified atom stereocenters. The van der Waals surface area contributed by atoms with E-state index in [-0.39, 0.29) is 12.0 Å². The summed E-state index contributed by atoms with van der Waals surface area (Å²) in [6.45, 7) is 3.88. The Balaban J connectivity index is 2.31. The first-order valence-electron chi connectivity index (χ1n) is 6.90. The molecule has 0 amide bonds. The molecule has 5 nitrogen and oxygen atoms in total. The van der Waals surface area contributed by atoms with E-state index in [1.807, 2.05) is 0 Å². The highest BCUT2D eigenvalue weighted by molar-refractivity contribution is 8.14. The van der Waals surface area contributed by atoms with Crippen molar-refractivity contribution in [1.82, 2.24) is 0 Å². The number of aliphatic hydroxyl groups is 3. The Labute approximate surface area is 119 Å². The van der Waals surface area contributed by atoms with E-state index in [1.165, 1.54) is 19.8 Å². The maximum atomic E-state index is 9.70. The van der Waals surface area contributed by atoms with Crippen molar-refractivity contribution in [3.8, 4) is 0 Å². The standard InChI is InChI=1S/C13H25NO4S/c1-3-4-5-6-11-14-7-12(19-11)18-10(8-15)13(17)9(2)16/h9-10,12-13,15-17H,3-8H2,1-2H3/t9-,10-,12?,13+/m1/s1. The van der Waals surface area contributed by atoms with E-state index in [9.17, 15) is 15.3 Å². The van der Waals surface area contributed by atoms with Gasteiger partial charge in [-0.1, -0.05) is 31.5 Å². The molecule has 0 radical (unpaired) electrons. The van der Waals surface area contributed by atoms with Crippen LogP contribution in [0.15, 0.2) is 4.99 Å². The predicted octanol–water partition coefficient (Wildman–Crippen LogP) is 1.16. The quantitative estimate of drug-likeness (QED) is 0.555. The molecule has 0 saturated carbocycles. The van der Waals surface area contributed by atoms with Crippen LogP contribution in [0.4, 0.5) is 0 Å². The monoisotopic (exact) mass is 291 g/mol. The summed E-state index contributed by atoms with van der Waals surface area (Å²) >= 11 is 1.56. The molecule has 3 N–H and O–H groups in total. The summed E-state index contributed by atoms with van der Waals surface area (Å²) in [4.78, 5) is 4.41. The van der Waals surface area contributed by atoms with E-state index in [2.05, 4.69) is 11.9 Å². The number of ether oxygens (including phenoxy) is 1. The highest BCUT2D eigenvalue weighted by Gasteiger charge is 2.29. The first kappa shape index (κ1) is 16.9. The summed E-state index contributed by atoms with van der Waals surface area (Å²) in [5.41, 5.74) is -0.165. The molecule has 0 saturated heterocycles. The smallest absolute Gasteiger partial charge is 0.128 e. The zero-order valence-corrected chi connectivity index (χ0v) is 12.5. The van der Waals surface area contributed by atoms with Gasteiger partial charge >= 0.3 is 0 Å². The molecule has 0 aromatic rings. The highest BCUT2D eigenvalue weighted by atomic mass is 32.2. The lowest BCUT2D eigenvalue weighted by molar-refractivity contribution is -0.107. The van der Waals surface area contributed by atoms with Gasteiger partial charge in [0.1, 0.15) is 17.6 Å². The van der Waals surface area contributed by atoms with E-state index in [0.29, 0.717) is 6.54 Å². The summed E-state index contributed by atoms with van der Waals surface area (Å²) in [6, 6.07) is 0. The predicted molar refractivity (Wildman–Crippen MR) is 77.5 cm³/mol. The minimum Gasteiger partial charge on any atom is -0.394 e. The molecule has 6 heteroatoms. The molecule has 19 heavy (non-hydrogen) atoms. The van der Waals surface area contributed by atoms with Crippen LogP contribution in [-0.2, 0) is 4.74 Å². The van der Waals surface area contributed by atoms with Crippen LogP contribution >= 0.6 is 11.8 Å². The Morgan fingerprint density at radius 2 is 2.16 bits per heavy atom. The fourth-order valence-corrected chi connectivity index (χ4v) is 2.94. The van der Waals surface area contributed by atoms with Crippen molar-refractivity contribution in [3.05, 3.63) is 0 Å². The van der Waals surface area contributed by atoms with Gasteiger partial charge in [-0.25, -0.2) is 0 Å². The summed E-state index contributed by atoms with van der Waals surface area (Å²) in [5.74, 6) is 0. The minimum absolute atomic E-state index is 0.165. The lowest BCUT2D eigenvalue weighted by Crippen LogP contribution is -2.41. The first-order chi connectivity index (χ1) is 9.08. The number of unbranched alkanes of at least 4 members (excludes halogenated alkanes) is 2. The van der Waals surface area contributed by atoms with Crippen LogP contribution in [0.1, 0.15) is 39.5 Å². The van der Waals surface area contributed by atoms with Gasteiger partial charge in [0, 0.05) is 0 Å². The van der Waals surface area contributed by atoms with Crippen molar-refractivity contribution in [2.24, 2.45) is 4.99 Å². The second-order valence-corrected chi connectivity index (χ2v) is 6.06. The van der Waals surface area contributed by atoms with Gasteiger partial charge in [0.15, 0.2) is 0 Å². The van der Waals surface area contributed by atoms with Gasteiger partial charge < -0.3 is 20.1 Å². The second-order valence-electron chi connectivity index (χ2n) is 4.83. The van der Waals surface area contributed by atoms with E-state index < -0.39 is 18.3 Å². The maximum Gasteiger partial charge on any atom is 0.128 e. The van der Waals surface area contributed by atoms with Gasteiger partial charge in [0.05, 0.1) is 24.3 Å². The van der Waals surface area contributed by atoms with Crippen LogP contribution < -0.4 is 0 Å². The van der Waals surface area contributed by atoms with Crippen LogP contribution in [0.5, 0.6) is 0 Å². The Morgan fingerprint density at radius 1 is 1.42 bits per heavy atom. The molecule has 1 aliphatic heterocycles. The molecule has 4 atom stereocenters. The molecule has 0 spiro atoms. The van der Waals surface area contributed by atoms with Gasteiger partial charge in [-0.15, -0.1) is 0 Å². The van der Waals surface area contributed by atoms with Gasteiger partial charge in [-0.3, -0.25) is 4.99 Å². The number of aliphatic imine (C=N–C) groups is 1. The maximum absolute atomic E-state index is 9.70. The topological polar surface area (TPSA) is 82.3 Å². The average molecular weight is 291 g/mol. The Bertz CT molecular complexity index is 286. The lowest BCUT2D eigenvalue weighted by Gasteiger charge is -2.25. The molecule has 0 fully saturated rings. The van der Waals surface area contributed by atoms with Crippen molar-refractivity contribution < 1.29 is 20.1 Å². The van der Waals surface area contributed by atoms with Gasteiger partial charge in [0.2, 0.25) is 0 Å². The molecular formula is C13H25NO4S. The van der Waals surface area contributed by atoms with Crippen LogP contribution in [-0.4, -0.2) is 57.3 Å². The van der Waals surface area contributed by atoms with E-state index in [1.54, 1.807) is 11.8 Å². The zero-order valence-electron chi connectivity index (χ0n) is 11.7. The molecule has 1 heterocycles. The summed E-state index contributed by atoms with van der Waals surface area (Å²) in [5, 5.41) is 29.3. The van der Waals surface area contributed by atoms with Crippen LogP contribution in [0.2, 0.25) is 0 Å².